The van der Waals surface area contributed by atoms with E-state index < -0.39 is 0 Å². The fourth-order valence-electron chi connectivity index (χ4n) is 1.91. The van der Waals surface area contributed by atoms with Crippen LogP contribution in [0.15, 0.2) is 42.5 Å². The molecule has 0 aromatic heterocycles. The second kappa shape index (κ2) is 5.10. The summed E-state index contributed by atoms with van der Waals surface area (Å²) in [6.45, 7) is 1.62. The van der Waals surface area contributed by atoms with E-state index >= 15 is 0 Å². The molecule has 2 aromatic rings. The standard InChI is InChI=1S/C14H18N2/c1-16(11-15)10-9-13-7-4-6-12-5-2-3-8-14(12)13/h2-8H,9-11,15H2,1H3. The van der Waals surface area contributed by atoms with Crippen molar-refractivity contribution < 1.29 is 0 Å². The van der Waals surface area contributed by atoms with Crippen molar-refractivity contribution in [1.82, 2.24) is 4.90 Å². The van der Waals surface area contributed by atoms with Crippen molar-refractivity contribution in [2.45, 2.75) is 6.42 Å². The molecule has 16 heavy (non-hydrogen) atoms. The normalized spacial score (nSPS) is 11.2. The summed E-state index contributed by atoms with van der Waals surface area (Å²) in [5, 5.41) is 2.67. The van der Waals surface area contributed by atoms with E-state index in [1.807, 2.05) is 7.05 Å². The van der Waals surface area contributed by atoms with Crippen molar-refractivity contribution in [2.24, 2.45) is 5.73 Å². The van der Waals surface area contributed by atoms with Crippen LogP contribution in [-0.2, 0) is 6.42 Å². The largest absolute Gasteiger partial charge is 0.318 e. The predicted molar refractivity (Wildman–Crippen MR) is 69.3 cm³/mol. The molecule has 0 aliphatic heterocycles. The number of hydrogen-bond donors (Lipinski definition) is 1. The van der Waals surface area contributed by atoms with Crippen LogP contribution in [0.2, 0.25) is 0 Å². The lowest BCUT2D eigenvalue weighted by atomic mass is 10.0. The first-order chi connectivity index (χ1) is 7.81. The van der Waals surface area contributed by atoms with Crippen molar-refractivity contribution in [3.8, 4) is 0 Å². The van der Waals surface area contributed by atoms with Crippen LogP contribution in [0.25, 0.3) is 10.8 Å². The van der Waals surface area contributed by atoms with E-state index in [-0.39, 0.29) is 0 Å². The molecule has 2 heteroatoms. The molecule has 2 N–H and O–H groups in total. The minimum Gasteiger partial charge on any atom is -0.318 e. The molecule has 0 heterocycles. The Morgan fingerprint density at radius 1 is 1.06 bits per heavy atom. The summed E-state index contributed by atoms with van der Waals surface area (Å²) in [5.41, 5.74) is 6.98. The fourth-order valence-corrected chi connectivity index (χ4v) is 1.91. The zero-order valence-electron chi connectivity index (χ0n) is 9.69. The summed E-state index contributed by atoms with van der Waals surface area (Å²) >= 11 is 0. The Morgan fingerprint density at radius 3 is 2.62 bits per heavy atom. The van der Waals surface area contributed by atoms with E-state index in [1.165, 1.54) is 16.3 Å². The molecule has 0 bridgehead atoms. The van der Waals surface area contributed by atoms with Gasteiger partial charge in [0.2, 0.25) is 0 Å². The molecule has 0 saturated heterocycles. The van der Waals surface area contributed by atoms with Crippen LogP contribution < -0.4 is 5.73 Å². The van der Waals surface area contributed by atoms with Gasteiger partial charge >= 0.3 is 0 Å². The molecular weight excluding hydrogens is 196 g/mol. The van der Waals surface area contributed by atoms with Crippen LogP contribution >= 0.6 is 0 Å². The van der Waals surface area contributed by atoms with Crippen molar-refractivity contribution in [2.75, 3.05) is 20.3 Å². The third kappa shape index (κ3) is 2.40. The lowest BCUT2D eigenvalue weighted by Crippen LogP contribution is -2.27. The van der Waals surface area contributed by atoms with Crippen LogP contribution in [0.5, 0.6) is 0 Å². The van der Waals surface area contributed by atoms with Crippen LogP contribution in [-0.4, -0.2) is 25.2 Å². The minimum atomic E-state index is 0.616. The lowest BCUT2D eigenvalue weighted by molar-refractivity contribution is 0.349. The molecule has 84 valence electrons. The quantitative estimate of drug-likeness (QED) is 0.791. The molecule has 0 saturated carbocycles. The number of likely N-dealkylation sites (N-methyl/N-ethyl adjacent to an activating group) is 1. The zero-order valence-corrected chi connectivity index (χ0v) is 9.69. The van der Waals surface area contributed by atoms with Gasteiger partial charge in [0, 0.05) is 13.2 Å². The predicted octanol–water partition coefficient (Wildman–Crippen LogP) is 2.23. The van der Waals surface area contributed by atoms with Crippen molar-refractivity contribution in [1.29, 1.82) is 0 Å². The number of nitrogens with two attached hydrogens (primary N) is 1. The molecule has 0 fully saturated rings. The van der Waals surface area contributed by atoms with E-state index in [4.69, 9.17) is 5.73 Å². The molecule has 0 amide bonds. The Morgan fingerprint density at radius 2 is 1.81 bits per heavy atom. The number of fused-ring (bicyclic) bond motifs is 1. The van der Waals surface area contributed by atoms with E-state index in [2.05, 4.69) is 47.4 Å². The highest BCUT2D eigenvalue weighted by Gasteiger charge is 2.01. The SMILES string of the molecule is CN(CN)CCc1cccc2ccccc12. The Hall–Kier alpha value is -1.38. The van der Waals surface area contributed by atoms with Crippen LogP contribution in [0.3, 0.4) is 0 Å². The van der Waals surface area contributed by atoms with Crippen LogP contribution in [0.4, 0.5) is 0 Å². The lowest BCUT2D eigenvalue weighted by Gasteiger charge is -2.14. The molecule has 0 atom stereocenters. The van der Waals surface area contributed by atoms with Gasteiger partial charge in [-0.25, -0.2) is 0 Å². The molecule has 0 aliphatic carbocycles. The first-order valence-electron chi connectivity index (χ1n) is 5.66. The topological polar surface area (TPSA) is 29.3 Å². The Bertz CT molecular complexity index is 460. The third-order valence-corrected chi connectivity index (χ3v) is 2.95. The van der Waals surface area contributed by atoms with Gasteiger partial charge in [-0.2, -0.15) is 0 Å². The second-order valence-corrected chi connectivity index (χ2v) is 4.15. The average Bonchev–Trinajstić information content (AvgIpc) is 2.35. The first kappa shape index (κ1) is 11.1. The maximum Gasteiger partial charge on any atom is 0.0452 e. The van der Waals surface area contributed by atoms with Gasteiger partial charge in [0.15, 0.2) is 0 Å². The summed E-state index contributed by atoms with van der Waals surface area (Å²) in [4.78, 5) is 2.13. The van der Waals surface area contributed by atoms with E-state index in [1.54, 1.807) is 0 Å². The van der Waals surface area contributed by atoms with Gasteiger partial charge in [-0.3, -0.25) is 4.90 Å². The van der Waals surface area contributed by atoms with Crippen LogP contribution in [0.1, 0.15) is 5.56 Å². The summed E-state index contributed by atoms with van der Waals surface area (Å²) < 4.78 is 0. The highest BCUT2D eigenvalue weighted by Crippen LogP contribution is 2.18. The third-order valence-electron chi connectivity index (χ3n) is 2.95. The summed E-state index contributed by atoms with van der Waals surface area (Å²) in [5.74, 6) is 0. The number of benzene rings is 2. The van der Waals surface area contributed by atoms with Gasteiger partial charge in [0.25, 0.3) is 0 Å². The number of nitrogens with zero attached hydrogens (tertiary/aromatic N) is 1. The highest BCUT2D eigenvalue weighted by molar-refractivity contribution is 5.85. The van der Waals surface area contributed by atoms with Gasteiger partial charge in [-0.05, 0) is 29.8 Å². The van der Waals surface area contributed by atoms with Crippen molar-refractivity contribution in [3.63, 3.8) is 0 Å². The maximum absolute atomic E-state index is 5.57. The smallest absolute Gasteiger partial charge is 0.0452 e. The monoisotopic (exact) mass is 214 g/mol. The highest BCUT2D eigenvalue weighted by atomic mass is 15.1. The van der Waals surface area contributed by atoms with Crippen LogP contribution in [0, 0.1) is 0 Å². The van der Waals surface area contributed by atoms with Gasteiger partial charge < -0.3 is 5.73 Å². The first-order valence-corrected chi connectivity index (χ1v) is 5.66. The summed E-state index contributed by atoms with van der Waals surface area (Å²) in [6.07, 6.45) is 1.05. The van der Waals surface area contributed by atoms with Gasteiger partial charge in [0.05, 0.1) is 0 Å². The van der Waals surface area contributed by atoms with Gasteiger partial charge in [-0.1, -0.05) is 42.5 Å². The summed E-state index contributed by atoms with van der Waals surface area (Å²) in [7, 11) is 2.05. The van der Waals surface area contributed by atoms with Gasteiger partial charge in [0.1, 0.15) is 0 Å². The van der Waals surface area contributed by atoms with E-state index in [0.717, 1.165) is 13.0 Å². The molecule has 0 aliphatic rings. The molecule has 2 aromatic carbocycles. The Balaban J connectivity index is 2.23. The molecule has 2 nitrogen and oxygen atoms in total. The van der Waals surface area contributed by atoms with E-state index in [0.29, 0.717) is 6.67 Å². The maximum atomic E-state index is 5.57. The van der Waals surface area contributed by atoms with Gasteiger partial charge in [-0.15, -0.1) is 0 Å². The molecule has 2 rings (SSSR count). The van der Waals surface area contributed by atoms with Crippen molar-refractivity contribution >= 4 is 10.8 Å². The second-order valence-electron chi connectivity index (χ2n) is 4.15. The number of hydrogen-bond acceptors (Lipinski definition) is 2. The Labute approximate surface area is 96.7 Å². The Kier molecular flexibility index (Phi) is 3.54. The zero-order chi connectivity index (χ0) is 11.4. The van der Waals surface area contributed by atoms with Crippen molar-refractivity contribution in [3.05, 3.63) is 48.0 Å². The fraction of sp³-hybridized carbons (Fsp3) is 0.286. The van der Waals surface area contributed by atoms with E-state index in [9.17, 15) is 0 Å². The molecule has 0 unspecified atom stereocenters. The average molecular weight is 214 g/mol. The minimum absolute atomic E-state index is 0.616. The summed E-state index contributed by atoms with van der Waals surface area (Å²) in [6, 6.07) is 15.0. The molecule has 0 spiro atoms. The number of rotatable bonds is 4. The molecule has 0 radical (unpaired) electrons. The molecular formula is C14H18N2.